The molecule has 1 aromatic carbocycles. The van der Waals surface area contributed by atoms with Gasteiger partial charge in [0, 0.05) is 63.9 Å². The molecule has 7 nitrogen and oxygen atoms in total. The van der Waals surface area contributed by atoms with E-state index in [0.29, 0.717) is 19.1 Å². The van der Waals surface area contributed by atoms with Gasteiger partial charge in [0.1, 0.15) is 5.75 Å². The van der Waals surface area contributed by atoms with Crippen LogP contribution in [0.2, 0.25) is 0 Å². The maximum absolute atomic E-state index is 6.17. The largest absolute Gasteiger partial charge is 0.493 e. The highest BCUT2D eigenvalue weighted by molar-refractivity contribution is 14.0. The molecule has 32 heavy (non-hydrogen) atoms. The fraction of sp³-hybridized carbons (Fsp3) is 0.708. The summed E-state index contributed by atoms with van der Waals surface area (Å²) in [6.45, 7) is 18.0. The highest BCUT2D eigenvalue weighted by atomic mass is 127. The molecule has 2 fully saturated rings. The second-order valence-electron chi connectivity index (χ2n) is 8.55. The van der Waals surface area contributed by atoms with E-state index < -0.39 is 0 Å². The number of nitrogens with zero attached hydrogens (tertiary/aromatic N) is 3. The minimum atomic E-state index is 0. The Balaban J connectivity index is 0.00000363. The van der Waals surface area contributed by atoms with Crippen molar-refractivity contribution in [3.05, 3.63) is 29.3 Å². The zero-order chi connectivity index (χ0) is 21.9. The molecule has 2 saturated heterocycles. The van der Waals surface area contributed by atoms with E-state index in [2.05, 4.69) is 59.4 Å². The van der Waals surface area contributed by atoms with Gasteiger partial charge in [-0.1, -0.05) is 19.1 Å². The van der Waals surface area contributed by atoms with Crippen molar-refractivity contribution in [2.45, 2.75) is 33.7 Å². The lowest BCUT2D eigenvalue weighted by molar-refractivity contribution is 0.139. The first-order valence-corrected chi connectivity index (χ1v) is 11.9. The third-order valence-corrected chi connectivity index (χ3v) is 6.11. The molecule has 0 saturated carbocycles. The Morgan fingerprint density at radius 2 is 1.94 bits per heavy atom. The SMILES string of the molecule is CCNC(=NCc1ccc(C)cc1OCC1CCOC1)NCCN1CCN(CC)CC1.I. The predicted molar refractivity (Wildman–Crippen MR) is 142 cm³/mol. The van der Waals surface area contributed by atoms with Crippen molar-refractivity contribution in [3.63, 3.8) is 0 Å². The van der Waals surface area contributed by atoms with Gasteiger partial charge >= 0.3 is 0 Å². The second kappa shape index (κ2) is 14.9. The smallest absolute Gasteiger partial charge is 0.191 e. The molecule has 8 heteroatoms. The van der Waals surface area contributed by atoms with Gasteiger partial charge in [-0.05, 0) is 38.4 Å². The van der Waals surface area contributed by atoms with Gasteiger partial charge in [-0.2, -0.15) is 0 Å². The highest BCUT2D eigenvalue weighted by Crippen LogP contribution is 2.23. The molecule has 0 bridgehead atoms. The van der Waals surface area contributed by atoms with Crippen molar-refractivity contribution >= 4 is 29.9 Å². The lowest BCUT2D eigenvalue weighted by Gasteiger charge is -2.34. The molecular weight excluding hydrogens is 517 g/mol. The standard InChI is InChI=1S/C24H41N5O2.HI/c1-4-25-24(26-9-10-29-13-11-28(5-2)12-14-29)27-17-22-7-6-20(3)16-23(22)31-19-21-8-15-30-18-21;/h6-7,16,21H,4-5,8-15,17-19H2,1-3H3,(H2,25,26,27);1H. The molecule has 0 aliphatic carbocycles. The number of rotatable bonds is 10. The normalized spacial score (nSPS) is 20.1. The zero-order valence-corrected chi connectivity index (χ0v) is 22.4. The number of hydrogen-bond acceptors (Lipinski definition) is 5. The van der Waals surface area contributed by atoms with Crippen molar-refractivity contribution in [3.8, 4) is 5.75 Å². The van der Waals surface area contributed by atoms with E-state index in [9.17, 15) is 0 Å². The van der Waals surface area contributed by atoms with Crippen LogP contribution in [0.5, 0.6) is 5.75 Å². The molecule has 1 unspecified atom stereocenters. The van der Waals surface area contributed by atoms with Crippen LogP contribution in [-0.2, 0) is 11.3 Å². The average Bonchev–Trinajstić information content (AvgIpc) is 3.31. The second-order valence-corrected chi connectivity index (χ2v) is 8.55. The van der Waals surface area contributed by atoms with Gasteiger partial charge in [0.2, 0.25) is 0 Å². The maximum Gasteiger partial charge on any atom is 0.191 e. The summed E-state index contributed by atoms with van der Waals surface area (Å²) in [4.78, 5) is 9.86. The molecule has 2 N–H and O–H groups in total. The maximum atomic E-state index is 6.17. The zero-order valence-electron chi connectivity index (χ0n) is 20.1. The van der Waals surface area contributed by atoms with Crippen molar-refractivity contribution < 1.29 is 9.47 Å². The Hall–Kier alpha value is -1.10. The van der Waals surface area contributed by atoms with Gasteiger partial charge < -0.3 is 25.0 Å². The minimum absolute atomic E-state index is 0. The molecule has 2 aliphatic rings. The van der Waals surface area contributed by atoms with E-state index in [1.54, 1.807) is 0 Å². The summed E-state index contributed by atoms with van der Waals surface area (Å²) in [7, 11) is 0. The van der Waals surface area contributed by atoms with Gasteiger partial charge in [-0.25, -0.2) is 4.99 Å². The molecule has 3 rings (SSSR count). The molecule has 0 spiro atoms. The molecule has 0 radical (unpaired) electrons. The Bertz CT molecular complexity index is 689. The number of hydrogen-bond donors (Lipinski definition) is 2. The molecular formula is C24H42IN5O2. The molecule has 1 aromatic rings. The average molecular weight is 560 g/mol. The summed E-state index contributed by atoms with van der Waals surface area (Å²) < 4.78 is 11.6. The summed E-state index contributed by atoms with van der Waals surface area (Å²) in [5, 5.41) is 6.87. The molecule has 2 aliphatic heterocycles. The van der Waals surface area contributed by atoms with Gasteiger partial charge in [0.15, 0.2) is 5.96 Å². The number of halogens is 1. The number of guanidine groups is 1. The lowest BCUT2D eigenvalue weighted by atomic mass is 10.1. The third-order valence-electron chi connectivity index (χ3n) is 6.11. The minimum Gasteiger partial charge on any atom is -0.493 e. The van der Waals surface area contributed by atoms with Crippen LogP contribution in [0.25, 0.3) is 0 Å². The fourth-order valence-corrected chi connectivity index (χ4v) is 4.02. The Morgan fingerprint density at radius 1 is 1.16 bits per heavy atom. The Morgan fingerprint density at radius 3 is 2.62 bits per heavy atom. The number of likely N-dealkylation sites (N-methyl/N-ethyl adjacent to an activating group) is 1. The van der Waals surface area contributed by atoms with Crippen LogP contribution >= 0.6 is 24.0 Å². The summed E-state index contributed by atoms with van der Waals surface area (Å²) in [5.74, 6) is 2.31. The van der Waals surface area contributed by atoms with Gasteiger partial charge in [-0.15, -0.1) is 24.0 Å². The number of piperazine rings is 1. The van der Waals surface area contributed by atoms with Gasteiger partial charge in [0.05, 0.1) is 19.8 Å². The van der Waals surface area contributed by atoms with E-state index in [1.165, 1.54) is 18.7 Å². The quantitative estimate of drug-likeness (QED) is 0.261. The number of aryl methyl sites for hydroxylation is 1. The number of ether oxygens (including phenoxy) is 2. The van der Waals surface area contributed by atoms with Crippen LogP contribution in [0.3, 0.4) is 0 Å². The van der Waals surface area contributed by atoms with E-state index in [0.717, 1.165) is 76.2 Å². The first-order chi connectivity index (χ1) is 15.2. The van der Waals surface area contributed by atoms with Crippen LogP contribution in [-0.4, -0.2) is 87.9 Å². The topological polar surface area (TPSA) is 61.4 Å². The van der Waals surface area contributed by atoms with E-state index in [1.807, 2.05) is 0 Å². The van der Waals surface area contributed by atoms with E-state index in [-0.39, 0.29) is 24.0 Å². The summed E-state index contributed by atoms with van der Waals surface area (Å²) >= 11 is 0. The molecule has 0 aromatic heterocycles. The van der Waals surface area contributed by atoms with Crippen molar-refractivity contribution in [2.75, 3.05) is 72.2 Å². The number of aliphatic imine (C=N–C) groups is 1. The van der Waals surface area contributed by atoms with Gasteiger partial charge in [0.25, 0.3) is 0 Å². The molecule has 1 atom stereocenters. The summed E-state index contributed by atoms with van der Waals surface area (Å²) in [6, 6.07) is 6.39. The Labute approximate surface area is 211 Å². The van der Waals surface area contributed by atoms with E-state index in [4.69, 9.17) is 14.5 Å². The number of nitrogens with one attached hydrogen (secondary N) is 2. The van der Waals surface area contributed by atoms with Crippen molar-refractivity contribution in [2.24, 2.45) is 10.9 Å². The molecule has 2 heterocycles. The van der Waals surface area contributed by atoms with Crippen molar-refractivity contribution in [1.29, 1.82) is 0 Å². The molecule has 0 amide bonds. The predicted octanol–water partition coefficient (Wildman–Crippen LogP) is 2.72. The fourth-order valence-electron chi connectivity index (χ4n) is 4.02. The van der Waals surface area contributed by atoms with Crippen LogP contribution in [0.4, 0.5) is 0 Å². The monoisotopic (exact) mass is 559 g/mol. The Kier molecular flexibility index (Phi) is 12.7. The van der Waals surface area contributed by atoms with Crippen LogP contribution in [0, 0.1) is 12.8 Å². The third kappa shape index (κ3) is 9.03. The van der Waals surface area contributed by atoms with E-state index >= 15 is 0 Å². The first kappa shape index (κ1) is 27.1. The van der Waals surface area contributed by atoms with Gasteiger partial charge in [-0.3, -0.25) is 4.90 Å². The molecule has 182 valence electrons. The summed E-state index contributed by atoms with van der Waals surface area (Å²) in [5.41, 5.74) is 2.33. The van der Waals surface area contributed by atoms with Crippen LogP contribution < -0.4 is 15.4 Å². The summed E-state index contributed by atoms with van der Waals surface area (Å²) in [6.07, 6.45) is 1.08. The van der Waals surface area contributed by atoms with Crippen LogP contribution in [0.15, 0.2) is 23.2 Å². The lowest BCUT2D eigenvalue weighted by Crippen LogP contribution is -2.49. The van der Waals surface area contributed by atoms with Crippen LogP contribution in [0.1, 0.15) is 31.4 Å². The van der Waals surface area contributed by atoms with Crippen molar-refractivity contribution in [1.82, 2.24) is 20.4 Å². The number of benzene rings is 1. The highest BCUT2D eigenvalue weighted by Gasteiger charge is 2.17. The first-order valence-electron chi connectivity index (χ1n) is 11.9.